The first kappa shape index (κ1) is 24.8. The number of carbonyl (C=O) groups excluding carboxylic acids is 2. The Morgan fingerprint density at radius 3 is 2.53 bits per heavy atom. The number of rotatable bonds is 7. The van der Waals surface area contributed by atoms with Gasteiger partial charge in [0.1, 0.15) is 17.3 Å². The van der Waals surface area contributed by atoms with Crippen molar-refractivity contribution < 1.29 is 23.8 Å². The number of ether oxygens (including phenoxy) is 1. The van der Waals surface area contributed by atoms with Crippen LogP contribution in [0.15, 0.2) is 36.5 Å². The lowest BCUT2D eigenvalue weighted by atomic mass is 9.60. The maximum Gasteiger partial charge on any atom is 0.270 e. The lowest BCUT2D eigenvalue weighted by molar-refractivity contribution is -0.132. The van der Waals surface area contributed by atoms with Gasteiger partial charge in [-0.15, -0.1) is 0 Å². The topological polar surface area (TPSA) is 104 Å². The molecule has 3 saturated carbocycles. The summed E-state index contributed by atoms with van der Waals surface area (Å²) in [4.78, 5) is 32.2. The number of hydrogen-bond acceptors (Lipinski definition) is 6. The van der Waals surface area contributed by atoms with Crippen LogP contribution < -0.4 is 20.3 Å². The molecule has 0 spiro atoms. The van der Waals surface area contributed by atoms with E-state index in [2.05, 4.69) is 20.5 Å². The number of pyridine rings is 1. The minimum absolute atomic E-state index is 0.0244. The normalized spacial score (nSPS) is 27.1. The van der Waals surface area contributed by atoms with E-state index in [0.717, 1.165) is 24.8 Å². The monoisotopic (exact) mass is 516 g/mol. The van der Waals surface area contributed by atoms with Crippen LogP contribution in [0, 0.1) is 5.82 Å². The summed E-state index contributed by atoms with van der Waals surface area (Å²) in [5.74, 6) is -1.08. The lowest BCUT2D eigenvalue weighted by Gasteiger charge is -2.56. The Hall–Kier alpha value is -2.91. The van der Waals surface area contributed by atoms with E-state index in [-0.39, 0.29) is 23.3 Å². The fourth-order valence-electron chi connectivity index (χ4n) is 5.68. The van der Waals surface area contributed by atoms with Gasteiger partial charge in [0.25, 0.3) is 11.8 Å². The summed E-state index contributed by atoms with van der Waals surface area (Å²) in [7, 11) is 0. The van der Waals surface area contributed by atoms with Gasteiger partial charge in [0.15, 0.2) is 6.61 Å². The van der Waals surface area contributed by atoms with Gasteiger partial charge in [0, 0.05) is 24.7 Å². The van der Waals surface area contributed by atoms with Crippen molar-refractivity contribution in [3.63, 3.8) is 0 Å². The molecule has 3 aliphatic carbocycles. The summed E-state index contributed by atoms with van der Waals surface area (Å²) in [6.07, 6.45) is 5.92. The fraction of sp³-hybridized carbons (Fsp3) is 0.500. The molecule has 4 aliphatic rings. The van der Waals surface area contributed by atoms with Crippen molar-refractivity contribution in [2.24, 2.45) is 0 Å². The van der Waals surface area contributed by atoms with E-state index < -0.39 is 28.9 Å². The first-order chi connectivity index (χ1) is 17.3. The molecular weight excluding hydrogens is 487 g/mol. The third kappa shape index (κ3) is 4.99. The SMILES string of the molecule is O=C(COc1ccc(Cl)c(F)c1)NC12CCC(NC(=O)c3ccc(N4CCCC4)cn3)(CC1)CC2O. The number of benzene rings is 1. The van der Waals surface area contributed by atoms with Crippen LogP contribution in [0.25, 0.3) is 0 Å². The number of aromatic nitrogens is 1. The maximum atomic E-state index is 13.6. The average molecular weight is 517 g/mol. The lowest BCUT2D eigenvalue weighted by Crippen LogP contribution is -2.70. The number of fused-ring (bicyclic) bond motifs is 3. The number of anilines is 1. The molecule has 10 heteroatoms. The molecule has 3 N–H and O–H groups in total. The van der Waals surface area contributed by atoms with Crippen LogP contribution in [0.1, 0.15) is 55.4 Å². The molecule has 2 amide bonds. The first-order valence-electron chi connectivity index (χ1n) is 12.4. The van der Waals surface area contributed by atoms with E-state index in [1.165, 1.54) is 25.0 Å². The van der Waals surface area contributed by atoms with Crippen LogP contribution in [0.4, 0.5) is 10.1 Å². The summed E-state index contributed by atoms with van der Waals surface area (Å²) in [5.41, 5.74) is 0.0793. The molecule has 2 heterocycles. The number of nitrogens with one attached hydrogen (secondary N) is 2. The summed E-state index contributed by atoms with van der Waals surface area (Å²) in [6.45, 7) is 1.72. The number of nitrogens with zero attached hydrogens (tertiary/aromatic N) is 2. The van der Waals surface area contributed by atoms with Crippen LogP contribution >= 0.6 is 11.6 Å². The predicted octanol–water partition coefficient (Wildman–Crippen LogP) is 3.22. The van der Waals surface area contributed by atoms with Crippen molar-refractivity contribution in [3.8, 4) is 5.75 Å². The zero-order chi connectivity index (χ0) is 25.3. The molecule has 0 radical (unpaired) electrons. The van der Waals surface area contributed by atoms with Crippen LogP contribution in [0.5, 0.6) is 5.75 Å². The molecule has 2 aromatic rings. The molecule has 1 aromatic carbocycles. The Bertz CT molecular complexity index is 1130. The molecule has 1 unspecified atom stereocenters. The fourth-order valence-corrected chi connectivity index (χ4v) is 5.80. The number of hydrogen-bond donors (Lipinski definition) is 3. The molecule has 2 bridgehead atoms. The zero-order valence-electron chi connectivity index (χ0n) is 19.9. The molecule has 1 atom stereocenters. The van der Waals surface area contributed by atoms with Crippen LogP contribution in [-0.4, -0.2) is 58.8 Å². The van der Waals surface area contributed by atoms with E-state index in [1.54, 1.807) is 12.3 Å². The van der Waals surface area contributed by atoms with Gasteiger partial charge in [0.05, 0.1) is 28.5 Å². The summed E-state index contributed by atoms with van der Waals surface area (Å²) < 4.78 is 19.0. The van der Waals surface area contributed by atoms with Gasteiger partial charge >= 0.3 is 0 Å². The first-order valence-corrected chi connectivity index (χ1v) is 12.8. The minimum atomic E-state index is -0.817. The minimum Gasteiger partial charge on any atom is -0.484 e. The van der Waals surface area contributed by atoms with Crippen molar-refractivity contribution >= 4 is 29.1 Å². The van der Waals surface area contributed by atoms with Crippen LogP contribution in [0.3, 0.4) is 0 Å². The number of aliphatic hydroxyl groups is 1. The highest BCUT2D eigenvalue weighted by Gasteiger charge is 2.55. The summed E-state index contributed by atoms with van der Waals surface area (Å²) in [5, 5.41) is 17.0. The maximum absolute atomic E-state index is 13.6. The Balaban J connectivity index is 1.16. The van der Waals surface area contributed by atoms with Crippen molar-refractivity contribution in [1.82, 2.24) is 15.6 Å². The predicted molar refractivity (Wildman–Crippen MR) is 133 cm³/mol. The molecule has 4 fully saturated rings. The molecule has 1 saturated heterocycles. The Morgan fingerprint density at radius 1 is 1.14 bits per heavy atom. The second-order valence-electron chi connectivity index (χ2n) is 10.1. The molecule has 1 aliphatic heterocycles. The average Bonchev–Trinajstić information content (AvgIpc) is 3.41. The molecule has 36 heavy (non-hydrogen) atoms. The van der Waals surface area contributed by atoms with Gasteiger partial charge in [0.2, 0.25) is 0 Å². The van der Waals surface area contributed by atoms with E-state index in [4.69, 9.17) is 16.3 Å². The largest absolute Gasteiger partial charge is 0.484 e. The molecule has 6 rings (SSSR count). The van der Waals surface area contributed by atoms with E-state index >= 15 is 0 Å². The standard InChI is InChI=1S/C26H30ClFN4O4/c27-19-5-4-18(13-20(19)28)36-16-23(34)30-26-9-7-25(8-10-26,14-22(26)33)31-24(35)21-6-3-17(15-29-21)32-11-1-2-12-32/h3-6,13,15,22,33H,1-2,7-12,14,16H2,(H,30,34)(H,31,35). The van der Waals surface area contributed by atoms with Crippen molar-refractivity contribution in [2.45, 2.75) is 62.1 Å². The molecular formula is C26H30ClFN4O4. The number of halogens is 2. The highest BCUT2D eigenvalue weighted by atomic mass is 35.5. The van der Waals surface area contributed by atoms with Crippen molar-refractivity contribution in [1.29, 1.82) is 0 Å². The molecule has 192 valence electrons. The smallest absolute Gasteiger partial charge is 0.270 e. The molecule has 1 aromatic heterocycles. The van der Waals surface area contributed by atoms with Gasteiger partial charge in [-0.3, -0.25) is 9.59 Å². The molecule has 8 nitrogen and oxygen atoms in total. The number of amides is 2. The number of carbonyl (C=O) groups is 2. The highest BCUT2D eigenvalue weighted by molar-refractivity contribution is 6.30. The highest BCUT2D eigenvalue weighted by Crippen LogP contribution is 2.47. The third-order valence-electron chi connectivity index (χ3n) is 7.80. The van der Waals surface area contributed by atoms with Crippen molar-refractivity contribution in [2.75, 3.05) is 24.6 Å². The van der Waals surface area contributed by atoms with Gasteiger partial charge < -0.3 is 25.4 Å². The van der Waals surface area contributed by atoms with Gasteiger partial charge in [-0.1, -0.05) is 11.6 Å². The van der Waals surface area contributed by atoms with Crippen molar-refractivity contribution in [3.05, 3.63) is 53.1 Å². The Morgan fingerprint density at radius 2 is 1.89 bits per heavy atom. The quantitative estimate of drug-likeness (QED) is 0.522. The van der Waals surface area contributed by atoms with Gasteiger partial charge in [-0.25, -0.2) is 9.37 Å². The van der Waals surface area contributed by atoms with E-state index in [9.17, 15) is 19.1 Å². The van der Waals surface area contributed by atoms with Crippen LogP contribution in [-0.2, 0) is 4.79 Å². The Kier molecular flexibility index (Phi) is 6.78. The Labute approximate surface area is 214 Å². The second-order valence-corrected chi connectivity index (χ2v) is 10.5. The third-order valence-corrected chi connectivity index (χ3v) is 8.11. The number of aliphatic hydroxyl groups excluding tert-OH is 1. The van der Waals surface area contributed by atoms with E-state index in [1.807, 2.05) is 6.07 Å². The summed E-state index contributed by atoms with van der Waals surface area (Å²) >= 11 is 5.67. The van der Waals surface area contributed by atoms with E-state index in [0.29, 0.717) is 37.8 Å². The zero-order valence-corrected chi connectivity index (χ0v) is 20.7. The summed E-state index contributed by atoms with van der Waals surface area (Å²) in [6, 6.07) is 7.65. The van der Waals surface area contributed by atoms with Gasteiger partial charge in [-0.05, 0) is 69.2 Å². The van der Waals surface area contributed by atoms with Crippen LogP contribution in [0.2, 0.25) is 5.02 Å². The second kappa shape index (κ2) is 9.86. The van der Waals surface area contributed by atoms with Gasteiger partial charge in [-0.2, -0.15) is 0 Å².